The Labute approximate surface area is 107 Å². The molecule has 0 aliphatic carbocycles. The number of hydrogen-bond acceptors (Lipinski definition) is 3. The quantitative estimate of drug-likeness (QED) is 0.577. The maximum absolute atomic E-state index is 12.1. The van der Waals surface area contributed by atoms with Crippen molar-refractivity contribution in [2.24, 2.45) is 0 Å². The summed E-state index contributed by atoms with van der Waals surface area (Å²) >= 11 is 0. The Kier molecular flexibility index (Phi) is 4.42. The maximum Gasteiger partial charge on any atom is 0.167 e. The van der Waals surface area contributed by atoms with Crippen LogP contribution in [0.5, 0.6) is 0 Å². The monoisotopic (exact) mass is 243 g/mol. The molecule has 3 heteroatoms. The van der Waals surface area contributed by atoms with Gasteiger partial charge < -0.3 is 4.74 Å². The Bertz CT molecular complexity index is 532. The Hall–Kier alpha value is -1.74. The second-order valence-electron chi connectivity index (χ2n) is 4.19. The Balaban J connectivity index is 2.13. The van der Waals surface area contributed by atoms with Gasteiger partial charge in [-0.15, -0.1) is 0 Å². The SMILES string of the molecule is CCCOCCC(=O)c1cncc2ccccc12. The third-order valence-electron chi connectivity index (χ3n) is 2.79. The zero-order valence-electron chi connectivity index (χ0n) is 10.6. The number of ketones is 1. The van der Waals surface area contributed by atoms with Crippen molar-refractivity contribution >= 4 is 16.6 Å². The minimum Gasteiger partial charge on any atom is -0.381 e. The van der Waals surface area contributed by atoms with E-state index >= 15 is 0 Å². The number of aromatic nitrogens is 1. The molecule has 0 unspecified atom stereocenters. The number of Topliss-reactive ketones (excluding diaryl/α,β-unsaturated/α-hetero) is 1. The molecule has 0 amide bonds. The molecule has 1 aromatic carbocycles. The van der Waals surface area contributed by atoms with Gasteiger partial charge in [-0.3, -0.25) is 9.78 Å². The number of hydrogen-bond donors (Lipinski definition) is 0. The minimum absolute atomic E-state index is 0.0930. The average molecular weight is 243 g/mol. The van der Waals surface area contributed by atoms with E-state index in [0.717, 1.165) is 17.2 Å². The zero-order valence-corrected chi connectivity index (χ0v) is 10.6. The summed E-state index contributed by atoms with van der Waals surface area (Å²) in [4.78, 5) is 16.2. The first-order chi connectivity index (χ1) is 8.83. The lowest BCUT2D eigenvalue weighted by atomic mass is 10.0. The fraction of sp³-hybridized carbons (Fsp3) is 0.333. The predicted octanol–water partition coefficient (Wildman–Crippen LogP) is 3.23. The van der Waals surface area contributed by atoms with E-state index in [-0.39, 0.29) is 5.78 Å². The molecule has 0 atom stereocenters. The van der Waals surface area contributed by atoms with Crippen LogP contribution < -0.4 is 0 Å². The van der Waals surface area contributed by atoms with Crippen LogP contribution in [0, 0.1) is 0 Å². The van der Waals surface area contributed by atoms with E-state index in [1.54, 1.807) is 12.4 Å². The molecule has 0 saturated carbocycles. The normalized spacial score (nSPS) is 10.7. The molecule has 1 aromatic heterocycles. The van der Waals surface area contributed by atoms with Gasteiger partial charge >= 0.3 is 0 Å². The Morgan fingerprint density at radius 3 is 2.89 bits per heavy atom. The maximum atomic E-state index is 12.1. The molecule has 0 N–H and O–H groups in total. The van der Waals surface area contributed by atoms with Crippen LogP contribution in [0.4, 0.5) is 0 Å². The van der Waals surface area contributed by atoms with Gasteiger partial charge in [-0.2, -0.15) is 0 Å². The molecule has 1 heterocycles. The van der Waals surface area contributed by atoms with E-state index in [9.17, 15) is 4.79 Å². The van der Waals surface area contributed by atoms with Crippen molar-refractivity contribution in [1.82, 2.24) is 4.98 Å². The van der Waals surface area contributed by atoms with Gasteiger partial charge in [0.25, 0.3) is 0 Å². The highest BCUT2D eigenvalue weighted by molar-refractivity contribution is 6.07. The number of rotatable bonds is 6. The van der Waals surface area contributed by atoms with Gasteiger partial charge in [-0.25, -0.2) is 0 Å². The number of ether oxygens (including phenoxy) is 1. The molecule has 0 spiro atoms. The highest BCUT2D eigenvalue weighted by Gasteiger charge is 2.09. The Morgan fingerprint density at radius 2 is 2.06 bits per heavy atom. The number of pyridine rings is 1. The summed E-state index contributed by atoms with van der Waals surface area (Å²) in [5, 5.41) is 1.96. The van der Waals surface area contributed by atoms with Crippen LogP contribution in [-0.2, 0) is 4.74 Å². The lowest BCUT2D eigenvalue weighted by Gasteiger charge is -2.05. The minimum atomic E-state index is 0.0930. The van der Waals surface area contributed by atoms with Crippen molar-refractivity contribution in [3.63, 3.8) is 0 Å². The standard InChI is InChI=1S/C15H17NO2/c1-2-8-18-9-7-15(17)14-11-16-10-12-5-3-4-6-13(12)14/h3-6,10-11H,2,7-9H2,1H3. The molecular weight excluding hydrogens is 226 g/mol. The molecular formula is C15H17NO2. The lowest BCUT2D eigenvalue weighted by molar-refractivity contribution is 0.0880. The molecule has 0 saturated heterocycles. The van der Waals surface area contributed by atoms with E-state index in [0.29, 0.717) is 25.2 Å². The molecule has 94 valence electrons. The highest BCUT2D eigenvalue weighted by Crippen LogP contribution is 2.18. The van der Waals surface area contributed by atoms with Gasteiger partial charge in [0.05, 0.1) is 6.61 Å². The van der Waals surface area contributed by atoms with Gasteiger partial charge in [0.15, 0.2) is 5.78 Å². The van der Waals surface area contributed by atoms with E-state index in [2.05, 4.69) is 11.9 Å². The second-order valence-corrected chi connectivity index (χ2v) is 4.19. The number of carbonyl (C=O) groups is 1. The molecule has 18 heavy (non-hydrogen) atoms. The van der Waals surface area contributed by atoms with Gasteiger partial charge in [0, 0.05) is 36.4 Å². The van der Waals surface area contributed by atoms with Gasteiger partial charge in [-0.05, 0) is 11.8 Å². The molecule has 0 aliphatic rings. The highest BCUT2D eigenvalue weighted by atomic mass is 16.5. The summed E-state index contributed by atoms with van der Waals surface area (Å²) in [5.74, 6) is 0.0930. The van der Waals surface area contributed by atoms with Crippen molar-refractivity contribution in [3.8, 4) is 0 Å². The lowest BCUT2D eigenvalue weighted by Crippen LogP contribution is -2.06. The van der Waals surface area contributed by atoms with Gasteiger partial charge in [0.1, 0.15) is 0 Å². The van der Waals surface area contributed by atoms with Crippen molar-refractivity contribution in [2.45, 2.75) is 19.8 Å². The van der Waals surface area contributed by atoms with E-state index in [4.69, 9.17) is 4.74 Å². The smallest absolute Gasteiger partial charge is 0.167 e. The van der Waals surface area contributed by atoms with Gasteiger partial charge in [0.2, 0.25) is 0 Å². The fourth-order valence-corrected chi connectivity index (χ4v) is 1.88. The summed E-state index contributed by atoms with van der Waals surface area (Å²) < 4.78 is 5.35. The van der Waals surface area contributed by atoms with Crippen molar-refractivity contribution in [2.75, 3.05) is 13.2 Å². The molecule has 0 radical (unpaired) electrons. The first kappa shape index (κ1) is 12.7. The summed E-state index contributed by atoms with van der Waals surface area (Å²) in [6, 6.07) is 7.80. The number of nitrogens with zero attached hydrogens (tertiary/aromatic N) is 1. The van der Waals surface area contributed by atoms with Crippen LogP contribution in [0.15, 0.2) is 36.7 Å². The number of fused-ring (bicyclic) bond motifs is 1. The molecule has 2 rings (SSSR count). The number of benzene rings is 1. The first-order valence-corrected chi connectivity index (χ1v) is 6.26. The summed E-state index contributed by atoms with van der Waals surface area (Å²) in [5.41, 5.74) is 0.688. The van der Waals surface area contributed by atoms with Crippen LogP contribution in [-0.4, -0.2) is 24.0 Å². The van der Waals surface area contributed by atoms with E-state index in [1.807, 2.05) is 24.3 Å². The van der Waals surface area contributed by atoms with Gasteiger partial charge in [-0.1, -0.05) is 31.2 Å². The zero-order chi connectivity index (χ0) is 12.8. The van der Waals surface area contributed by atoms with Crippen molar-refractivity contribution in [1.29, 1.82) is 0 Å². The molecule has 0 fully saturated rings. The molecule has 2 aromatic rings. The molecule has 3 nitrogen and oxygen atoms in total. The van der Waals surface area contributed by atoms with Crippen LogP contribution in [0.2, 0.25) is 0 Å². The van der Waals surface area contributed by atoms with Crippen LogP contribution in [0.3, 0.4) is 0 Å². The third kappa shape index (κ3) is 2.93. The van der Waals surface area contributed by atoms with E-state index in [1.165, 1.54) is 0 Å². The van der Waals surface area contributed by atoms with Crippen molar-refractivity contribution in [3.05, 3.63) is 42.2 Å². The van der Waals surface area contributed by atoms with Crippen LogP contribution in [0.1, 0.15) is 30.1 Å². The summed E-state index contributed by atoms with van der Waals surface area (Å²) in [6.45, 7) is 3.24. The first-order valence-electron chi connectivity index (χ1n) is 6.26. The fourth-order valence-electron chi connectivity index (χ4n) is 1.88. The van der Waals surface area contributed by atoms with Crippen LogP contribution in [0.25, 0.3) is 10.8 Å². The second kappa shape index (κ2) is 6.26. The number of carbonyl (C=O) groups excluding carboxylic acids is 1. The predicted molar refractivity (Wildman–Crippen MR) is 71.8 cm³/mol. The van der Waals surface area contributed by atoms with Crippen LogP contribution >= 0.6 is 0 Å². The largest absolute Gasteiger partial charge is 0.381 e. The topological polar surface area (TPSA) is 39.2 Å². The molecule has 0 aliphatic heterocycles. The molecule has 0 bridgehead atoms. The summed E-state index contributed by atoms with van der Waals surface area (Å²) in [7, 11) is 0. The average Bonchev–Trinajstić information content (AvgIpc) is 2.43. The third-order valence-corrected chi connectivity index (χ3v) is 2.79. The summed E-state index contributed by atoms with van der Waals surface area (Å²) in [6.07, 6.45) is 4.81. The van der Waals surface area contributed by atoms with E-state index < -0.39 is 0 Å². The van der Waals surface area contributed by atoms with Crippen molar-refractivity contribution < 1.29 is 9.53 Å². The Morgan fingerprint density at radius 1 is 1.22 bits per heavy atom.